The van der Waals surface area contributed by atoms with Crippen LogP contribution in [0.2, 0.25) is 0 Å². The predicted molar refractivity (Wildman–Crippen MR) is 214 cm³/mol. The highest BCUT2D eigenvalue weighted by Gasteiger charge is 2.49. The molecule has 0 spiro atoms. The highest BCUT2D eigenvalue weighted by atomic mass is 16.8. The molecule has 8 atom stereocenters. The standard InChI is InChI=1S/C47H52O11/c1-49-39-24-22-38(23-25-39)46-56-32-40(57-46)31-50-42(26-48)51-33-41-43(52-27-34-14-6-2-7-15-34)44(53-28-35-16-8-3-9-17-35)45(54-29-36-18-10-4-11-19-36)47(58-41)55-30-37-20-12-5-13-21-37/h2-25,40-48H,26-33H2,1H3. The smallest absolute Gasteiger partial charge is 0.187 e. The topological polar surface area (TPSA) is 113 Å². The van der Waals surface area contributed by atoms with Gasteiger partial charge in [0.1, 0.15) is 36.3 Å². The van der Waals surface area contributed by atoms with Crippen molar-refractivity contribution in [1.29, 1.82) is 0 Å². The van der Waals surface area contributed by atoms with Gasteiger partial charge in [-0.1, -0.05) is 133 Å². The molecule has 0 amide bonds. The van der Waals surface area contributed by atoms with Crippen molar-refractivity contribution in [2.45, 2.75) is 75.8 Å². The van der Waals surface area contributed by atoms with Crippen molar-refractivity contribution in [3.8, 4) is 5.75 Å². The van der Waals surface area contributed by atoms with Gasteiger partial charge in [-0.2, -0.15) is 0 Å². The van der Waals surface area contributed by atoms with E-state index in [0.29, 0.717) is 19.8 Å². The van der Waals surface area contributed by atoms with E-state index < -0.39 is 49.9 Å². The third-order valence-corrected chi connectivity index (χ3v) is 9.91. The quantitative estimate of drug-likeness (QED) is 0.0765. The summed E-state index contributed by atoms with van der Waals surface area (Å²) in [6.07, 6.45) is -5.53. The van der Waals surface area contributed by atoms with Crippen molar-refractivity contribution in [2.24, 2.45) is 0 Å². The van der Waals surface area contributed by atoms with Gasteiger partial charge >= 0.3 is 0 Å². The molecule has 2 saturated heterocycles. The van der Waals surface area contributed by atoms with Crippen molar-refractivity contribution >= 4 is 0 Å². The minimum Gasteiger partial charge on any atom is -0.497 e. The maximum Gasteiger partial charge on any atom is 0.187 e. The summed E-state index contributed by atoms with van der Waals surface area (Å²) in [4.78, 5) is 0. The Bertz CT molecular complexity index is 1870. The highest BCUT2D eigenvalue weighted by molar-refractivity contribution is 5.28. The van der Waals surface area contributed by atoms with Gasteiger partial charge in [0.05, 0.1) is 60.0 Å². The van der Waals surface area contributed by atoms with E-state index >= 15 is 0 Å². The second-order valence-corrected chi connectivity index (χ2v) is 14.1. The van der Waals surface area contributed by atoms with E-state index in [1.807, 2.05) is 146 Å². The molecule has 0 aliphatic carbocycles. The highest BCUT2D eigenvalue weighted by Crippen LogP contribution is 2.33. The van der Waals surface area contributed by atoms with Gasteiger partial charge in [0.25, 0.3) is 0 Å². The Labute approximate surface area is 340 Å². The maximum absolute atomic E-state index is 10.4. The number of aliphatic hydroxyl groups is 1. The number of hydrogen-bond donors (Lipinski definition) is 1. The van der Waals surface area contributed by atoms with E-state index in [-0.39, 0.29) is 32.5 Å². The zero-order valence-electron chi connectivity index (χ0n) is 32.7. The van der Waals surface area contributed by atoms with Gasteiger partial charge in [-0.05, 0) is 34.4 Å². The van der Waals surface area contributed by atoms with Gasteiger partial charge in [0, 0.05) is 5.56 Å². The first-order valence-corrected chi connectivity index (χ1v) is 19.7. The summed E-state index contributed by atoms with van der Waals surface area (Å²) in [5.41, 5.74) is 4.82. The van der Waals surface area contributed by atoms with Gasteiger partial charge in [-0.3, -0.25) is 0 Å². The molecule has 2 aliphatic heterocycles. The van der Waals surface area contributed by atoms with Gasteiger partial charge in [0.15, 0.2) is 18.9 Å². The van der Waals surface area contributed by atoms with Crippen LogP contribution in [0.1, 0.15) is 34.1 Å². The number of aliphatic hydroxyl groups excluding tert-OH is 1. The van der Waals surface area contributed by atoms with Crippen LogP contribution in [0, 0.1) is 0 Å². The normalized spacial score (nSPS) is 23.7. The van der Waals surface area contributed by atoms with Crippen LogP contribution >= 0.6 is 0 Å². The molecule has 11 heteroatoms. The molecule has 2 heterocycles. The fourth-order valence-corrected chi connectivity index (χ4v) is 6.81. The molecule has 5 aromatic rings. The van der Waals surface area contributed by atoms with E-state index in [2.05, 4.69) is 0 Å². The van der Waals surface area contributed by atoms with Crippen LogP contribution in [0.4, 0.5) is 0 Å². The summed E-state index contributed by atoms with van der Waals surface area (Å²) in [6.45, 7) is 1.19. The molecular formula is C47H52O11. The Morgan fingerprint density at radius 2 is 1.03 bits per heavy atom. The summed E-state index contributed by atoms with van der Waals surface area (Å²) in [5.74, 6) is 0.748. The van der Waals surface area contributed by atoms with Crippen LogP contribution in [-0.2, 0) is 69.1 Å². The van der Waals surface area contributed by atoms with Crippen LogP contribution in [-0.4, -0.2) is 81.7 Å². The number of hydrogen-bond acceptors (Lipinski definition) is 11. The molecule has 2 fully saturated rings. The fourth-order valence-electron chi connectivity index (χ4n) is 6.81. The Kier molecular flexibility index (Phi) is 15.8. The minimum atomic E-state index is -0.985. The second-order valence-electron chi connectivity index (χ2n) is 14.1. The Morgan fingerprint density at radius 1 is 0.552 bits per heavy atom. The largest absolute Gasteiger partial charge is 0.497 e. The van der Waals surface area contributed by atoms with Crippen molar-refractivity contribution in [2.75, 3.05) is 33.5 Å². The summed E-state index contributed by atoms with van der Waals surface area (Å²) >= 11 is 0. The molecule has 58 heavy (non-hydrogen) atoms. The minimum absolute atomic E-state index is 0.0109. The monoisotopic (exact) mass is 792 g/mol. The van der Waals surface area contributed by atoms with E-state index in [1.165, 1.54) is 0 Å². The lowest BCUT2D eigenvalue weighted by Crippen LogP contribution is -2.62. The van der Waals surface area contributed by atoms with Crippen LogP contribution in [0.15, 0.2) is 146 Å². The predicted octanol–water partition coefficient (Wildman–Crippen LogP) is 7.16. The Morgan fingerprint density at radius 3 is 1.55 bits per heavy atom. The third kappa shape index (κ3) is 12.0. The Hall–Kier alpha value is -4.50. The molecule has 8 unspecified atom stereocenters. The maximum atomic E-state index is 10.4. The van der Waals surface area contributed by atoms with Gasteiger partial charge in [-0.25, -0.2) is 0 Å². The van der Waals surface area contributed by atoms with Crippen molar-refractivity contribution in [1.82, 2.24) is 0 Å². The van der Waals surface area contributed by atoms with E-state index in [4.69, 9.17) is 47.4 Å². The van der Waals surface area contributed by atoms with Crippen LogP contribution in [0.25, 0.3) is 0 Å². The summed E-state index contributed by atoms with van der Waals surface area (Å²) in [6, 6.07) is 47.3. The molecule has 0 radical (unpaired) electrons. The van der Waals surface area contributed by atoms with Crippen LogP contribution in [0.3, 0.4) is 0 Å². The van der Waals surface area contributed by atoms with Gasteiger partial charge in [0.2, 0.25) is 0 Å². The fraction of sp³-hybridized carbons (Fsp3) is 0.362. The van der Waals surface area contributed by atoms with Crippen molar-refractivity contribution in [3.05, 3.63) is 173 Å². The molecule has 1 N–H and O–H groups in total. The zero-order valence-corrected chi connectivity index (χ0v) is 32.7. The molecular weight excluding hydrogens is 741 g/mol. The van der Waals surface area contributed by atoms with Gasteiger partial charge in [-0.15, -0.1) is 0 Å². The number of benzene rings is 5. The molecule has 2 aliphatic rings. The van der Waals surface area contributed by atoms with E-state index in [1.54, 1.807) is 7.11 Å². The lowest BCUT2D eigenvalue weighted by molar-refractivity contribution is -0.335. The third-order valence-electron chi connectivity index (χ3n) is 9.91. The molecule has 0 saturated carbocycles. The lowest BCUT2D eigenvalue weighted by atomic mass is 9.97. The summed E-state index contributed by atoms with van der Waals surface area (Å²) in [5, 5.41) is 10.4. The van der Waals surface area contributed by atoms with E-state index in [0.717, 1.165) is 33.6 Å². The average Bonchev–Trinajstić information content (AvgIpc) is 3.77. The SMILES string of the molecule is COc1ccc(C2OCC(COC(CO)OCC3OC(OCc4ccccc4)C(OCc4ccccc4)C(OCc4ccccc4)C3OCc3ccccc3)O2)cc1. The molecule has 7 rings (SSSR count). The molecule has 306 valence electrons. The zero-order chi connectivity index (χ0) is 39.8. The molecule has 11 nitrogen and oxygen atoms in total. The molecule has 0 bridgehead atoms. The Balaban J connectivity index is 1.09. The number of rotatable bonds is 21. The number of methoxy groups -OCH3 is 1. The first kappa shape index (κ1) is 41.7. The summed E-state index contributed by atoms with van der Waals surface area (Å²) in [7, 11) is 1.62. The second kappa shape index (κ2) is 22.0. The number of ether oxygens (including phenoxy) is 10. The van der Waals surface area contributed by atoms with Gasteiger partial charge < -0.3 is 52.5 Å². The molecule has 0 aromatic heterocycles. The van der Waals surface area contributed by atoms with Crippen LogP contribution in [0.5, 0.6) is 5.75 Å². The first-order chi connectivity index (χ1) is 28.6. The van der Waals surface area contributed by atoms with Crippen molar-refractivity contribution < 1.29 is 52.5 Å². The van der Waals surface area contributed by atoms with Crippen molar-refractivity contribution in [3.63, 3.8) is 0 Å². The molecule has 5 aromatic carbocycles. The summed E-state index contributed by atoms with van der Waals surface area (Å²) < 4.78 is 63.1. The lowest BCUT2D eigenvalue weighted by Gasteiger charge is -2.46. The van der Waals surface area contributed by atoms with Crippen LogP contribution < -0.4 is 4.74 Å². The first-order valence-electron chi connectivity index (χ1n) is 19.7. The average molecular weight is 793 g/mol. The van der Waals surface area contributed by atoms with E-state index in [9.17, 15) is 5.11 Å².